The molecule has 1 aromatic rings. The first-order valence-corrected chi connectivity index (χ1v) is 6.25. The minimum absolute atomic E-state index is 0.301. The second kappa shape index (κ2) is 6.24. The summed E-state index contributed by atoms with van der Waals surface area (Å²) in [5, 5.41) is 0. The summed E-state index contributed by atoms with van der Waals surface area (Å²) in [6.07, 6.45) is 8.37. The number of carbonyl (C=O) groups excluding carboxylic acids is 1. The van der Waals surface area contributed by atoms with Crippen LogP contribution in [0.15, 0.2) is 30.3 Å². The zero-order chi connectivity index (χ0) is 14.5. The summed E-state index contributed by atoms with van der Waals surface area (Å²) in [6, 6.07) is 7.94. The quantitative estimate of drug-likeness (QED) is 0.610. The Hall–Kier alpha value is -2.01. The fraction of sp³-hybridized carbons (Fsp3) is 0.353. The van der Waals surface area contributed by atoms with E-state index in [-0.39, 0.29) is 5.97 Å². The molecule has 0 aliphatic rings. The van der Waals surface area contributed by atoms with E-state index in [2.05, 4.69) is 5.92 Å². The normalized spacial score (nSPS) is 13.0. The van der Waals surface area contributed by atoms with E-state index in [9.17, 15) is 4.79 Å². The first-order valence-electron chi connectivity index (χ1n) is 6.25. The van der Waals surface area contributed by atoms with Gasteiger partial charge in [-0.15, -0.1) is 6.42 Å². The van der Waals surface area contributed by atoms with Crippen molar-refractivity contribution in [1.82, 2.24) is 0 Å². The van der Waals surface area contributed by atoms with E-state index in [0.717, 1.165) is 11.1 Å². The predicted molar refractivity (Wildman–Crippen MR) is 78.4 cm³/mol. The minimum atomic E-state index is -0.633. The lowest BCUT2D eigenvalue weighted by atomic mass is 9.97. The van der Waals surface area contributed by atoms with Crippen molar-refractivity contribution in [3.63, 3.8) is 0 Å². The minimum Gasteiger partial charge on any atom is -0.444 e. The molecule has 0 aliphatic heterocycles. The van der Waals surface area contributed by atoms with Crippen molar-refractivity contribution in [1.29, 1.82) is 0 Å². The molecule has 0 radical (unpaired) electrons. The Balaban J connectivity index is 2.77. The monoisotopic (exact) mass is 256 g/mol. The van der Waals surface area contributed by atoms with Gasteiger partial charge in [0.1, 0.15) is 0 Å². The van der Waals surface area contributed by atoms with Crippen LogP contribution in [0.1, 0.15) is 31.9 Å². The van der Waals surface area contributed by atoms with Gasteiger partial charge in [0.2, 0.25) is 0 Å². The van der Waals surface area contributed by atoms with Gasteiger partial charge in [-0.3, -0.25) is 4.79 Å². The molecule has 0 N–H and O–H groups in total. The number of esters is 1. The van der Waals surface area contributed by atoms with Crippen molar-refractivity contribution < 1.29 is 9.53 Å². The second-order valence-electron chi connectivity index (χ2n) is 5.46. The van der Waals surface area contributed by atoms with Gasteiger partial charge in [0.05, 0.1) is 5.41 Å². The molecule has 0 aliphatic carbocycles. The van der Waals surface area contributed by atoms with Gasteiger partial charge in [-0.1, -0.05) is 36.3 Å². The van der Waals surface area contributed by atoms with Gasteiger partial charge in [0, 0.05) is 0 Å². The van der Waals surface area contributed by atoms with E-state index in [1.54, 1.807) is 26.8 Å². The third kappa shape index (κ3) is 4.63. The van der Waals surface area contributed by atoms with Gasteiger partial charge >= 0.3 is 5.97 Å². The van der Waals surface area contributed by atoms with Crippen LogP contribution in [0.4, 0.5) is 0 Å². The third-order valence-corrected chi connectivity index (χ3v) is 2.65. The highest BCUT2D eigenvalue weighted by molar-refractivity contribution is 5.76. The van der Waals surface area contributed by atoms with Crippen LogP contribution in [0, 0.1) is 24.7 Å². The molecule has 0 spiro atoms. The number of hydrogen-bond donors (Lipinski definition) is 0. The SMILES string of the molecule is C#CC(/C=C/c1ccccc1C)OC(=O)C(C)(C)C. The molecule has 0 aromatic heterocycles. The molecule has 1 atom stereocenters. The van der Waals surface area contributed by atoms with Gasteiger partial charge < -0.3 is 4.74 Å². The molecule has 0 saturated carbocycles. The second-order valence-corrected chi connectivity index (χ2v) is 5.46. The average molecular weight is 256 g/mol. The number of hydrogen-bond acceptors (Lipinski definition) is 2. The summed E-state index contributed by atoms with van der Waals surface area (Å²) in [7, 11) is 0. The standard InChI is InChI=1S/C17H20O2/c1-6-15(19-16(18)17(3,4)5)12-11-14-10-8-7-9-13(14)2/h1,7-12,15H,2-5H3/b12-11+. The average Bonchev–Trinajstić information content (AvgIpc) is 2.34. The summed E-state index contributed by atoms with van der Waals surface area (Å²) < 4.78 is 5.26. The first-order chi connectivity index (χ1) is 8.84. The Morgan fingerprint density at radius 1 is 1.37 bits per heavy atom. The molecule has 0 amide bonds. The lowest BCUT2D eigenvalue weighted by Gasteiger charge is -2.18. The topological polar surface area (TPSA) is 26.3 Å². The molecule has 19 heavy (non-hydrogen) atoms. The van der Waals surface area contributed by atoms with Gasteiger partial charge in [0.15, 0.2) is 6.10 Å². The predicted octanol–water partition coefficient (Wildman–Crippen LogP) is 3.60. The number of terminal acetylenes is 1. The Labute approximate surface area is 115 Å². The Morgan fingerprint density at radius 2 is 2.00 bits per heavy atom. The van der Waals surface area contributed by atoms with Crippen molar-refractivity contribution in [2.24, 2.45) is 5.41 Å². The van der Waals surface area contributed by atoms with Crippen molar-refractivity contribution in [3.05, 3.63) is 41.5 Å². The highest BCUT2D eigenvalue weighted by Gasteiger charge is 2.24. The van der Waals surface area contributed by atoms with E-state index >= 15 is 0 Å². The molecule has 2 heteroatoms. The fourth-order valence-corrected chi connectivity index (χ4v) is 1.39. The summed E-state index contributed by atoms with van der Waals surface area (Å²) >= 11 is 0. The molecule has 100 valence electrons. The smallest absolute Gasteiger partial charge is 0.312 e. The maximum absolute atomic E-state index is 11.8. The number of rotatable bonds is 3. The van der Waals surface area contributed by atoms with Crippen LogP contribution in [0.25, 0.3) is 6.08 Å². The summed E-state index contributed by atoms with van der Waals surface area (Å²) in [4.78, 5) is 11.8. The third-order valence-electron chi connectivity index (χ3n) is 2.65. The van der Waals surface area contributed by atoms with Crippen molar-refractivity contribution in [2.45, 2.75) is 33.8 Å². The number of ether oxygens (including phenoxy) is 1. The zero-order valence-corrected chi connectivity index (χ0v) is 11.9. The van der Waals surface area contributed by atoms with Crippen molar-refractivity contribution >= 4 is 12.0 Å². The summed E-state index contributed by atoms with van der Waals surface area (Å²) in [6.45, 7) is 7.42. The molecule has 1 rings (SSSR count). The van der Waals surface area contributed by atoms with E-state index in [1.165, 1.54) is 0 Å². The van der Waals surface area contributed by atoms with E-state index in [4.69, 9.17) is 11.2 Å². The lowest BCUT2D eigenvalue weighted by Crippen LogP contribution is -2.26. The first kappa shape index (κ1) is 15.0. The Morgan fingerprint density at radius 3 is 2.53 bits per heavy atom. The molecular weight excluding hydrogens is 236 g/mol. The van der Waals surface area contributed by atoms with Crippen molar-refractivity contribution in [3.8, 4) is 12.3 Å². The molecule has 0 saturated heterocycles. The number of benzene rings is 1. The number of aryl methyl sites for hydroxylation is 1. The molecule has 2 nitrogen and oxygen atoms in total. The van der Waals surface area contributed by atoms with Gasteiger partial charge in [-0.05, 0) is 44.9 Å². The molecule has 0 bridgehead atoms. The van der Waals surface area contributed by atoms with Crippen LogP contribution in [0.3, 0.4) is 0 Å². The molecule has 0 fully saturated rings. The summed E-state index contributed by atoms with van der Waals surface area (Å²) in [5.74, 6) is 2.16. The highest BCUT2D eigenvalue weighted by Crippen LogP contribution is 2.17. The van der Waals surface area contributed by atoms with Crippen LogP contribution < -0.4 is 0 Å². The maximum Gasteiger partial charge on any atom is 0.312 e. The zero-order valence-electron chi connectivity index (χ0n) is 11.9. The van der Waals surface area contributed by atoms with Gasteiger partial charge in [0.25, 0.3) is 0 Å². The van der Waals surface area contributed by atoms with Crippen LogP contribution in [0.2, 0.25) is 0 Å². The molecule has 1 unspecified atom stereocenters. The van der Waals surface area contributed by atoms with Gasteiger partial charge in [-0.2, -0.15) is 0 Å². The van der Waals surface area contributed by atoms with Crippen LogP contribution >= 0.6 is 0 Å². The Kier molecular flexibility index (Phi) is 4.94. The molecular formula is C17H20O2. The highest BCUT2D eigenvalue weighted by atomic mass is 16.5. The fourth-order valence-electron chi connectivity index (χ4n) is 1.39. The van der Waals surface area contributed by atoms with Crippen LogP contribution in [0.5, 0.6) is 0 Å². The van der Waals surface area contributed by atoms with Gasteiger partial charge in [-0.25, -0.2) is 0 Å². The van der Waals surface area contributed by atoms with Crippen LogP contribution in [-0.2, 0) is 9.53 Å². The lowest BCUT2D eigenvalue weighted by molar-refractivity contribution is -0.154. The molecule has 1 aromatic carbocycles. The largest absolute Gasteiger partial charge is 0.444 e. The van der Waals surface area contributed by atoms with E-state index in [0.29, 0.717) is 0 Å². The molecule has 0 heterocycles. The van der Waals surface area contributed by atoms with Crippen molar-refractivity contribution in [2.75, 3.05) is 0 Å². The van der Waals surface area contributed by atoms with E-state index < -0.39 is 11.5 Å². The maximum atomic E-state index is 11.8. The summed E-state index contributed by atoms with van der Waals surface area (Å²) in [5.41, 5.74) is 1.66. The Bertz CT molecular complexity index is 513. The number of carbonyl (C=O) groups is 1. The van der Waals surface area contributed by atoms with E-state index in [1.807, 2.05) is 37.3 Å². The van der Waals surface area contributed by atoms with Crippen LogP contribution in [-0.4, -0.2) is 12.1 Å².